The molecule has 0 fully saturated rings. The van der Waals surface area contributed by atoms with Gasteiger partial charge in [0.2, 0.25) is 0 Å². The Morgan fingerprint density at radius 2 is 2.14 bits per heavy atom. The third-order valence-electron chi connectivity index (χ3n) is 3.85. The number of fused-ring (bicyclic) bond motifs is 1. The van der Waals surface area contributed by atoms with Crippen molar-refractivity contribution < 1.29 is 0 Å². The summed E-state index contributed by atoms with van der Waals surface area (Å²) >= 11 is 6.22. The summed E-state index contributed by atoms with van der Waals surface area (Å²) in [6.45, 7) is 3.82. The maximum Gasteiger partial charge on any atom is 0.0761 e. The Balaban J connectivity index is 1.56. The first-order valence-corrected chi connectivity index (χ1v) is 7.85. The van der Waals surface area contributed by atoms with E-state index >= 15 is 0 Å². The highest BCUT2D eigenvalue weighted by molar-refractivity contribution is 6.35. The molecule has 0 atom stereocenters. The van der Waals surface area contributed by atoms with E-state index < -0.39 is 0 Å². The van der Waals surface area contributed by atoms with Crippen LogP contribution in [0.3, 0.4) is 0 Å². The first-order valence-electron chi connectivity index (χ1n) is 7.47. The third-order valence-corrected chi connectivity index (χ3v) is 4.18. The van der Waals surface area contributed by atoms with Crippen molar-refractivity contribution in [3.63, 3.8) is 0 Å². The smallest absolute Gasteiger partial charge is 0.0761 e. The van der Waals surface area contributed by atoms with Crippen LogP contribution in [-0.4, -0.2) is 21.7 Å². The highest BCUT2D eigenvalue weighted by Crippen LogP contribution is 2.24. The molecule has 0 aliphatic rings. The van der Waals surface area contributed by atoms with Crippen LogP contribution in [0.15, 0.2) is 36.7 Å². The lowest BCUT2D eigenvalue weighted by Crippen LogP contribution is -2.15. The van der Waals surface area contributed by atoms with E-state index in [1.807, 2.05) is 36.7 Å². The van der Waals surface area contributed by atoms with E-state index in [1.54, 1.807) is 0 Å². The van der Waals surface area contributed by atoms with E-state index in [9.17, 15) is 0 Å². The molecule has 114 valence electrons. The summed E-state index contributed by atoms with van der Waals surface area (Å²) in [4.78, 5) is 4.46. The van der Waals surface area contributed by atoms with Gasteiger partial charge in [-0.15, -0.1) is 0 Å². The number of benzene rings is 1. The Morgan fingerprint density at radius 3 is 2.95 bits per heavy atom. The van der Waals surface area contributed by atoms with Crippen LogP contribution in [0.4, 0.5) is 0 Å². The van der Waals surface area contributed by atoms with Gasteiger partial charge in [0.05, 0.1) is 11.7 Å². The molecule has 0 spiro atoms. The maximum atomic E-state index is 6.22. The minimum Gasteiger partial charge on any atom is -0.313 e. The number of nitrogens with one attached hydrogen (secondary N) is 2. The molecule has 0 aliphatic carbocycles. The fourth-order valence-corrected chi connectivity index (χ4v) is 2.81. The first kappa shape index (κ1) is 15.0. The quantitative estimate of drug-likeness (QED) is 0.683. The second kappa shape index (κ2) is 6.90. The van der Waals surface area contributed by atoms with Gasteiger partial charge in [-0.2, -0.15) is 5.10 Å². The molecular formula is C17H19ClN4. The van der Waals surface area contributed by atoms with Crippen LogP contribution in [0, 0.1) is 6.92 Å². The van der Waals surface area contributed by atoms with Crippen LogP contribution < -0.4 is 5.32 Å². The molecule has 3 rings (SSSR count). The van der Waals surface area contributed by atoms with Crippen molar-refractivity contribution in [1.82, 2.24) is 20.5 Å². The molecule has 3 aromatic rings. The Morgan fingerprint density at radius 1 is 1.23 bits per heavy atom. The van der Waals surface area contributed by atoms with Gasteiger partial charge in [-0.1, -0.05) is 17.7 Å². The average molecular weight is 315 g/mol. The monoisotopic (exact) mass is 314 g/mol. The number of aromatic nitrogens is 3. The van der Waals surface area contributed by atoms with Gasteiger partial charge in [-0.05, 0) is 55.6 Å². The summed E-state index contributed by atoms with van der Waals surface area (Å²) in [5, 5.41) is 12.3. The Labute approximate surface area is 134 Å². The van der Waals surface area contributed by atoms with Gasteiger partial charge in [0.1, 0.15) is 0 Å². The van der Waals surface area contributed by atoms with E-state index in [4.69, 9.17) is 11.6 Å². The molecule has 22 heavy (non-hydrogen) atoms. The number of nitrogens with zero attached hydrogens (tertiary/aromatic N) is 2. The molecule has 2 N–H and O–H groups in total. The minimum atomic E-state index is 0.752. The number of hydrogen-bond acceptors (Lipinski definition) is 3. The highest BCUT2D eigenvalue weighted by Gasteiger charge is 2.05. The van der Waals surface area contributed by atoms with Crippen LogP contribution in [0.25, 0.3) is 10.9 Å². The summed E-state index contributed by atoms with van der Waals surface area (Å²) in [7, 11) is 0. The Bertz CT molecular complexity index is 766. The molecular weight excluding hydrogens is 296 g/mol. The number of aromatic amines is 1. The van der Waals surface area contributed by atoms with Crippen LogP contribution in [-0.2, 0) is 13.0 Å². The molecule has 0 bridgehead atoms. The number of H-pyrrole nitrogens is 1. The summed E-state index contributed by atoms with van der Waals surface area (Å²) in [6, 6.07) is 7.91. The van der Waals surface area contributed by atoms with Crippen molar-refractivity contribution in [3.8, 4) is 0 Å². The standard InChI is InChI=1S/C17H19ClN4/c1-12-13(11-21-22-12)4-2-8-19-10-14-6-7-16(18)15-5-3-9-20-17(14)15/h3,5-7,9,11,19H,2,4,8,10H2,1H3,(H,21,22). The first-order chi connectivity index (χ1) is 10.8. The number of hydrogen-bond donors (Lipinski definition) is 2. The molecule has 0 saturated heterocycles. The zero-order valence-corrected chi connectivity index (χ0v) is 13.3. The van der Waals surface area contributed by atoms with E-state index in [0.717, 1.165) is 47.6 Å². The van der Waals surface area contributed by atoms with Crippen molar-refractivity contribution in [2.24, 2.45) is 0 Å². The molecule has 5 heteroatoms. The highest BCUT2D eigenvalue weighted by atomic mass is 35.5. The second-order valence-electron chi connectivity index (χ2n) is 5.41. The van der Waals surface area contributed by atoms with Gasteiger partial charge in [0.15, 0.2) is 0 Å². The van der Waals surface area contributed by atoms with Crippen molar-refractivity contribution >= 4 is 22.5 Å². The van der Waals surface area contributed by atoms with E-state index in [-0.39, 0.29) is 0 Å². The molecule has 4 nitrogen and oxygen atoms in total. The summed E-state index contributed by atoms with van der Waals surface area (Å²) in [5.41, 5.74) is 4.61. The molecule has 0 aliphatic heterocycles. The lowest BCUT2D eigenvalue weighted by molar-refractivity contribution is 0.650. The average Bonchev–Trinajstić information content (AvgIpc) is 2.95. The Hall–Kier alpha value is -1.91. The fourth-order valence-electron chi connectivity index (χ4n) is 2.59. The molecule has 2 aromatic heterocycles. The molecule has 0 saturated carbocycles. The van der Waals surface area contributed by atoms with Gasteiger partial charge in [0, 0.05) is 28.8 Å². The summed E-state index contributed by atoms with van der Waals surface area (Å²) < 4.78 is 0. The molecule has 2 heterocycles. The largest absolute Gasteiger partial charge is 0.313 e. The van der Waals surface area contributed by atoms with Gasteiger partial charge in [0.25, 0.3) is 0 Å². The van der Waals surface area contributed by atoms with Crippen LogP contribution in [0.2, 0.25) is 5.02 Å². The van der Waals surface area contributed by atoms with Gasteiger partial charge in [-0.25, -0.2) is 0 Å². The molecule has 1 aromatic carbocycles. The molecule has 0 amide bonds. The summed E-state index contributed by atoms with van der Waals surface area (Å²) in [6.07, 6.45) is 5.84. The van der Waals surface area contributed by atoms with E-state index in [2.05, 4.69) is 27.4 Å². The number of pyridine rings is 1. The van der Waals surface area contributed by atoms with Crippen molar-refractivity contribution in [1.29, 1.82) is 0 Å². The lowest BCUT2D eigenvalue weighted by Gasteiger charge is -2.08. The zero-order valence-electron chi connectivity index (χ0n) is 12.6. The van der Waals surface area contributed by atoms with E-state index in [0.29, 0.717) is 0 Å². The zero-order chi connectivity index (χ0) is 15.4. The molecule has 0 radical (unpaired) electrons. The SMILES string of the molecule is Cc1[nH]ncc1CCCNCc1ccc(Cl)c2cccnc12. The van der Waals surface area contributed by atoms with Gasteiger partial charge in [-0.3, -0.25) is 10.1 Å². The van der Waals surface area contributed by atoms with Crippen LogP contribution in [0.1, 0.15) is 23.2 Å². The number of aryl methyl sites for hydroxylation is 2. The fraction of sp³-hybridized carbons (Fsp3) is 0.294. The Kier molecular flexibility index (Phi) is 4.71. The lowest BCUT2D eigenvalue weighted by atomic mass is 10.1. The number of rotatable bonds is 6. The summed E-state index contributed by atoms with van der Waals surface area (Å²) in [5.74, 6) is 0. The van der Waals surface area contributed by atoms with Gasteiger partial charge < -0.3 is 5.32 Å². The topological polar surface area (TPSA) is 53.6 Å². The molecule has 0 unspecified atom stereocenters. The second-order valence-corrected chi connectivity index (χ2v) is 5.81. The third kappa shape index (κ3) is 3.29. The van der Waals surface area contributed by atoms with Crippen molar-refractivity contribution in [3.05, 3.63) is 58.5 Å². The normalized spacial score (nSPS) is 11.2. The van der Waals surface area contributed by atoms with Crippen LogP contribution in [0.5, 0.6) is 0 Å². The predicted octanol–water partition coefficient (Wildman–Crippen LogP) is 3.64. The van der Waals surface area contributed by atoms with Crippen LogP contribution >= 0.6 is 11.6 Å². The minimum absolute atomic E-state index is 0.752. The van der Waals surface area contributed by atoms with Crippen molar-refractivity contribution in [2.45, 2.75) is 26.3 Å². The predicted molar refractivity (Wildman–Crippen MR) is 90.1 cm³/mol. The van der Waals surface area contributed by atoms with E-state index in [1.165, 1.54) is 11.1 Å². The van der Waals surface area contributed by atoms with Crippen molar-refractivity contribution in [2.75, 3.05) is 6.54 Å². The van der Waals surface area contributed by atoms with Gasteiger partial charge >= 0.3 is 0 Å². The number of halogens is 1. The maximum absolute atomic E-state index is 6.22.